The highest BCUT2D eigenvalue weighted by Gasteiger charge is 2.15. The van der Waals surface area contributed by atoms with Crippen LogP contribution in [0.2, 0.25) is 10.0 Å². The summed E-state index contributed by atoms with van der Waals surface area (Å²) in [6.07, 6.45) is 7.91. The van der Waals surface area contributed by atoms with Crippen LogP contribution in [-0.4, -0.2) is 6.21 Å². The lowest BCUT2D eigenvalue weighted by atomic mass is 10.0. The van der Waals surface area contributed by atoms with Gasteiger partial charge in [-0.25, -0.2) is 0 Å². The van der Waals surface area contributed by atoms with Crippen LogP contribution in [0.15, 0.2) is 59.6 Å². The number of hydrogen-bond donors (Lipinski definition) is 0. The lowest BCUT2D eigenvalue weighted by Gasteiger charge is -2.04. The van der Waals surface area contributed by atoms with Crippen LogP contribution >= 0.6 is 23.2 Å². The lowest BCUT2D eigenvalue weighted by Crippen LogP contribution is -1.80. The Hall–Kier alpha value is -2.09. The minimum atomic E-state index is 0.637. The number of hydrogen-bond acceptors (Lipinski definition) is 1. The van der Waals surface area contributed by atoms with Gasteiger partial charge in [0.05, 0.1) is 5.69 Å². The molecule has 118 valence electrons. The van der Waals surface area contributed by atoms with Crippen LogP contribution in [-0.2, 0) is 12.8 Å². The molecule has 0 aromatic heterocycles. The quantitative estimate of drug-likeness (QED) is 0.467. The van der Waals surface area contributed by atoms with E-state index in [2.05, 4.69) is 35.3 Å². The second-order valence-electron chi connectivity index (χ2n) is 5.89. The largest absolute Gasteiger partial charge is 0.256 e. The van der Waals surface area contributed by atoms with Crippen molar-refractivity contribution in [2.75, 3.05) is 0 Å². The molecule has 0 radical (unpaired) electrons. The van der Waals surface area contributed by atoms with Gasteiger partial charge >= 0.3 is 0 Å². The minimum Gasteiger partial charge on any atom is -0.256 e. The summed E-state index contributed by atoms with van der Waals surface area (Å²) in [7, 11) is 0. The Morgan fingerprint density at radius 1 is 0.917 bits per heavy atom. The fourth-order valence-electron chi connectivity index (χ4n) is 3.25. The molecule has 0 aliphatic heterocycles. The van der Waals surface area contributed by atoms with Crippen LogP contribution in [0.1, 0.15) is 16.7 Å². The smallest absolute Gasteiger partial charge is 0.0708 e. The molecule has 0 amide bonds. The van der Waals surface area contributed by atoms with Crippen LogP contribution in [0.5, 0.6) is 0 Å². The molecule has 1 nitrogen and oxygen atoms in total. The Morgan fingerprint density at radius 3 is 2.58 bits per heavy atom. The zero-order chi connectivity index (χ0) is 16.5. The van der Waals surface area contributed by atoms with Crippen molar-refractivity contribution in [3.05, 3.63) is 81.3 Å². The molecular formula is C21H15Cl2N. The number of rotatable bonds is 3. The highest BCUT2D eigenvalue weighted by Crippen LogP contribution is 2.36. The molecule has 0 fully saturated rings. The molecular weight excluding hydrogens is 337 g/mol. The summed E-state index contributed by atoms with van der Waals surface area (Å²) in [6.45, 7) is 0. The first kappa shape index (κ1) is 15.4. The maximum Gasteiger partial charge on any atom is 0.0708 e. The van der Waals surface area contributed by atoms with E-state index in [-0.39, 0.29) is 0 Å². The normalized spacial score (nSPS) is 13.6. The zero-order valence-electron chi connectivity index (χ0n) is 13.0. The third kappa shape index (κ3) is 2.86. The number of halogens is 2. The monoisotopic (exact) mass is 351 g/mol. The summed E-state index contributed by atoms with van der Waals surface area (Å²) in [4.78, 5) is 4.63. The van der Waals surface area contributed by atoms with Crippen molar-refractivity contribution < 1.29 is 0 Å². The highest BCUT2D eigenvalue weighted by molar-refractivity contribution is 6.35. The van der Waals surface area contributed by atoms with Crippen molar-refractivity contribution in [2.24, 2.45) is 4.99 Å². The van der Waals surface area contributed by atoms with E-state index in [0.717, 1.165) is 24.1 Å². The molecule has 1 aliphatic carbocycles. The van der Waals surface area contributed by atoms with Crippen molar-refractivity contribution >= 4 is 52.0 Å². The Bertz CT molecular complexity index is 976. The Balaban J connectivity index is 1.63. The molecule has 0 saturated heterocycles. The van der Waals surface area contributed by atoms with E-state index < -0.39 is 0 Å². The van der Waals surface area contributed by atoms with Crippen LogP contribution in [0.4, 0.5) is 5.69 Å². The molecule has 0 heterocycles. The van der Waals surface area contributed by atoms with Crippen molar-refractivity contribution in [2.45, 2.75) is 12.8 Å². The van der Waals surface area contributed by atoms with E-state index in [0.29, 0.717) is 10.0 Å². The van der Waals surface area contributed by atoms with Gasteiger partial charge in [-0.05, 0) is 59.2 Å². The predicted molar refractivity (Wildman–Crippen MR) is 105 cm³/mol. The first-order chi connectivity index (χ1) is 11.7. The van der Waals surface area contributed by atoms with Crippen molar-refractivity contribution in [3.63, 3.8) is 0 Å². The van der Waals surface area contributed by atoms with Crippen LogP contribution in [0, 0.1) is 0 Å². The first-order valence-electron chi connectivity index (χ1n) is 7.91. The second-order valence-corrected chi connectivity index (χ2v) is 6.73. The Morgan fingerprint density at radius 2 is 1.75 bits per heavy atom. The molecule has 1 aliphatic rings. The van der Waals surface area contributed by atoms with E-state index in [1.165, 1.54) is 21.9 Å². The van der Waals surface area contributed by atoms with E-state index in [1.54, 1.807) is 6.07 Å². The number of allylic oxidation sites excluding steroid dienone is 1. The van der Waals surface area contributed by atoms with Gasteiger partial charge in [0, 0.05) is 21.6 Å². The number of aliphatic imine (C=N–C) groups is 1. The van der Waals surface area contributed by atoms with Gasteiger partial charge in [-0.1, -0.05) is 59.6 Å². The third-order valence-electron chi connectivity index (χ3n) is 4.39. The standard InChI is InChI=1S/C21H15Cl2N/c22-17-10-8-14(19(23)13-17)4-2-12-24-20-11-9-16-7-6-15-3-1-5-18(20)21(15)16/h1-5,8-13H,6-7H2/b4-2-,24-12?. The number of nitrogens with zero attached hydrogens (tertiary/aromatic N) is 1. The molecule has 4 rings (SSSR count). The average Bonchev–Trinajstić information content (AvgIpc) is 3.00. The fourth-order valence-corrected chi connectivity index (χ4v) is 3.72. The number of benzene rings is 3. The van der Waals surface area contributed by atoms with Gasteiger partial charge in [-0.3, -0.25) is 4.99 Å². The van der Waals surface area contributed by atoms with Gasteiger partial charge in [-0.15, -0.1) is 0 Å². The van der Waals surface area contributed by atoms with E-state index >= 15 is 0 Å². The summed E-state index contributed by atoms with van der Waals surface area (Å²) in [5.41, 5.74) is 4.79. The predicted octanol–water partition coefficient (Wildman–Crippen LogP) is 6.66. The summed E-state index contributed by atoms with van der Waals surface area (Å²) >= 11 is 12.1. The van der Waals surface area contributed by atoms with Gasteiger partial charge in [0.1, 0.15) is 0 Å². The molecule has 0 spiro atoms. The van der Waals surface area contributed by atoms with Crippen LogP contribution in [0.3, 0.4) is 0 Å². The maximum absolute atomic E-state index is 6.17. The van der Waals surface area contributed by atoms with E-state index in [1.807, 2.05) is 30.5 Å². The number of aryl methyl sites for hydroxylation is 2. The lowest BCUT2D eigenvalue weighted by molar-refractivity contribution is 1.02. The maximum atomic E-state index is 6.17. The minimum absolute atomic E-state index is 0.637. The average molecular weight is 352 g/mol. The molecule has 3 aromatic carbocycles. The Kier molecular flexibility index (Phi) is 4.13. The fraction of sp³-hybridized carbons (Fsp3) is 0.0952. The topological polar surface area (TPSA) is 12.4 Å². The molecule has 3 heteroatoms. The molecule has 0 bridgehead atoms. The van der Waals surface area contributed by atoms with Gasteiger partial charge in [0.15, 0.2) is 0 Å². The van der Waals surface area contributed by atoms with Crippen molar-refractivity contribution in [1.29, 1.82) is 0 Å². The van der Waals surface area contributed by atoms with Crippen LogP contribution < -0.4 is 0 Å². The molecule has 0 atom stereocenters. The van der Waals surface area contributed by atoms with E-state index in [4.69, 9.17) is 23.2 Å². The van der Waals surface area contributed by atoms with Gasteiger partial charge in [-0.2, -0.15) is 0 Å². The van der Waals surface area contributed by atoms with Crippen molar-refractivity contribution in [3.8, 4) is 0 Å². The summed E-state index contributed by atoms with van der Waals surface area (Å²) in [6, 6.07) is 16.3. The molecule has 0 unspecified atom stereocenters. The molecule has 0 N–H and O–H groups in total. The van der Waals surface area contributed by atoms with Gasteiger partial charge in [0.2, 0.25) is 0 Å². The summed E-state index contributed by atoms with van der Waals surface area (Å²) < 4.78 is 0. The van der Waals surface area contributed by atoms with Gasteiger partial charge < -0.3 is 0 Å². The van der Waals surface area contributed by atoms with Crippen molar-refractivity contribution in [1.82, 2.24) is 0 Å². The third-order valence-corrected chi connectivity index (χ3v) is 4.95. The first-order valence-corrected chi connectivity index (χ1v) is 8.67. The van der Waals surface area contributed by atoms with E-state index in [9.17, 15) is 0 Å². The zero-order valence-corrected chi connectivity index (χ0v) is 14.5. The molecule has 3 aromatic rings. The highest BCUT2D eigenvalue weighted by atomic mass is 35.5. The SMILES string of the molecule is Clc1ccc(/C=C\C=Nc2ccc3c4c(cccc24)CC3)c(Cl)c1. The molecule has 24 heavy (non-hydrogen) atoms. The summed E-state index contributed by atoms with van der Waals surface area (Å²) in [5, 5.41) is 3.89. The van der Waals surface area contributed by atoms with Gasteiger partial charge in [0.25, 0.3) is 0 Å². The molecule has 0 saturated carbocycles. The summed E-state index contributed by atoms with van der Waals surface area (Å²) in [5.74, 6) is 0. The Labute approximate surface area is 151 Å². The second kappa shape index (κ2) is 6.43. The van der Waals surface area contributed by atoms with Crippen LogP contribution in [0.25, 0.3) is 16.8 Å².